The molecule has 0 bridgehead atoms. The molecule has 3 heteroatoms. The summed E-state index contributed by atoms with van der Waals surface area (Å²) >= 11 is 5.93. The van der Waals surface area contributed by atoms with E-state index in [1.54, 1.807) is 0 Å². The van der Waals surface area contributed by atoms with Crippen LogP contribution in [-0.4, -0.2) is 0 Å². The fourth-order valence-corrected chi connectivity index (χ4v) is 2.78. The molecule has 0 saturated carbocycles. The largest absolute Gasteiger partial charge is 0.489 e. The van der Waals surface area contributed by atoms with Crippen LogP contribution >= 0.6 is 11.6 Å². The van der Waals surface area contributed by atoms with Crippen molar-refractivity contribution in [1.82, 2.24) is 5.32 Å². The first-order valence-electron chi connectivity index (χ1n) is 8.46. The van der Waals surface area contributed by atoms with Gasteiger partial charge in [-0.05, 0) is 36.2 Å². The fraction of sp³-hybridized carbons (Fsp3) is 0.182. The van der Waals surface area contributed by atoms with Gasteiger partial charge in [-0.25, -0.2) is 0 Å². The average Bonchev–Trinajstić information content (AvgIpc) is 2.67. The van der Waals surface area contributed by atoms with Crippen molar-refractivity contribution in [3.63, 3.8) is 0 Å². The van der Waals surface area contributed by atoms with Crippen LogP contribution in [-0.2, 0) is 13.2 Å². The molecule has 0 aliphatic heterocycles. The predicted molar refractivity (Wildman–Crippen MR) is 104 cm³/mol. The normalized spacial score (nSPS) is 11.9. The summed E-state index contributed by atoms with van der Waals surface area (Å²) in [4.78, 5) is 0. The van der Waals surface area contributed by atoms with Gasteiger partial charge >= 0.3 is 0 Å². The van der Waals surface area contributed by atoms with Gasteiger partial charge in [-0.3, -0.25) is 0 Å². The van der Waals surface area contributed by atoms with Crippen molar-refractivity contribution in [3.8, 4) is 5.75 Å². The Kier molecular flexibility index (Phi) is 6.10. The first-order chi connectivity index (χ1) is 12.2. The maximum absolute atomic E-state index is 6.02. The number of hydrogen-bond acceptors (Lipinski definition) is 2. The van der Waals surface area contributed by atoms with Crippen LogP contribution in [0.5, 0.6) is 5.75 Å². The van der Waals surface area contributed by atoms with Gasteiger partial charge in [0.2, 0.25) is 0 Å². The Morgan fingerprint density at radius 2 is 1.56 bits per heavy atom. The molecular weight excluding hydrogens is 330 g/mol. The lowest BCUT2D eigenvalue weighted by molar-refractivity contribution is 0.301. The zero-order valence-electron chi connectivity index (χ0n) is 14.3. The smallest absolute Gasteiger partial charge is 0.124 e. The van der Waals surface area contributed by atoms with E-state index in [2.05, 4.69) is 42.6 Å². The second-order valence-electron chi connectivity index (χ2n) is 6.04. The van der Waals surface area contributed by atoms with E-state index in [1.807, 2.05) is 48.5 Å². The van der Waals surface area contributed by atoms with Gasteiger partial charge in [0.1, 0.15) is 12.4 Å². The number of rotatable bonds is 7. The highest BCUT2D eigenvalue weighted by Crippen LogP contribution is 2.21. The number of hydrogen-bond donors (Lipinski definition) is 1. The predicted octanol–water partition coefficient (Wildman–Crippen LogP) is 5.77. The summed E-state index contributed by atoms with van der Waals surface area (Å²) in [6, 6.07) is 26.6. The van der Waals surface area contributed by atoms with Gasteiger partial charge in [-0.1, -0.05) is 72.3 Å². The SMILES string of the molecule is CC(NCc1ccccc1OCc1ccc(Cl)cc1)c1ccccc1. The standard InChI is InChI=1S/C22H22ClNO/c1-17(19-7-3-2-4-8-19)24-15-20-9-5-6-10-22(20)25-16-18-11-13-21(23)14-12-18/h2-14,17,24H,15-16H2,1H3. The lowest BCUT2D eigenvalue weighted by Gasteiger charge is -2.16. The van der Waals surface area contributed by atoms with Crippen LogP contribution in [0.3, 0.4) is 0 Å². The van der Waals surface area contributed by atoms with E-state index < -0.39 is 0 Å². The van der Waals surface area contributed by atoms with E-state index in [-0.39, 0.29) is 6.04 Å². The van der Waals surface area contributed by atoms with Crippen molar-refractivity contribution >= 4 is 11.6 Å². The molecule has 3 aromatic carbocycles. The van der Waals surface area contributed by atoms with Crippen molar-refractivity contribution in [3.05, 3.63) is 101 Å². The van der Waals surface area contributed by atoms with Gasteiger partial charge in [0.15, 0.2) is 0 Å². The summed E-state index contributed by atoms with van der Waals surface area (Å²) in [7, 11) is 0. The van der Waals surface area contributed by atoms with Crippen LogP contribution in [0.4, 0.5) is 0 Å². The summed E-state index contributed by atoms with van der Waals surface area (Å²) in [5, 5.41) is 4.30. The summed E-state index contributed by atoms with van der Waals surface area (Å²) < 4.78 is 6.02. The molecule has 0 fully saturated rings. The van der Waals surface area contributed by atoms with Crippen LogP contribution in [0.15, 0.2) is 78.9 Å². The molecule has 0 aliphatic carbocycles. The third-order valence-corrected chi connectivity index (χ3v) is 4.43. The number of halogens is 1. The van der Waals surface area contributed by atoms with Crippen molar-refractivity contribution in [2.45, 2.75) is 26.1 Å². The summed E-state index contributed by atoms with van der Waals surface area (Å²) in [6.07, 6.45) is 0. The fourth-order valence-electron chi connectivity index (χ4n) is 2.66. The molecule has 0 aliphatic rings. The molecular formula is C22H22ClNO. The van der Waals surface area contributed by atoms with E-state index in [4.69, 9.17) is 16.3 Å². The molecule has 0 heterocycles. The van der Waals surface area contributed by atoms with Crippen molar-refractivity contribution in [1.29, 1.82) is 0 Å². The van der Waals surface area contributed by atoms with Gasteiger partial charge in [-0.15, -0.1) is 0 Å². The van der Waals surface area contributed by atoms with E-state index >= 15 is 0 Å². The van der Waals surface area contributed by atoms with Gasteiger partial charge < -0.3 is 10.1 Å². The highest BCUT2D eigenvalue weighted by molar-refractivity contribution is 6.30. The zero-order valence-corrected chi connectivity index (χ0v) is 15.0. The lowest BCUT2D eigenvalue weighted by atomic mass is 10.1. The molecule has 0 spiro atoms. The molecule has 0 saturated heterocycles. The molecule has 1 N–H and O–H groups in total. The van der Waals surface area contributed by atoms with E-state index in [9.17, 15) is 0 Å². The van der Waals surface area contributed by atoms with Crippen LogP contribution in [0.1, 0.15) is 29.7 Å². The summed E-state index contributed by atoms with van der Waals surface area (Å²) in [5.74, 6) is 0.908. The Hall–Kier alpha value is -2.29. The van der Waals surface area contributed by atoms with Crippen LogP contribution in [0.2, 0.25) is 5.02 Å². The first kappa shape index (κ1) is 17.5. The average molecular weight is 352 g/mol. The minimum absolute atomic E-state index is 0.283. The second kappa shape index (κ2) is 8.70. The molecule has 3 rings (SSSR count). The molecule has 0 radical (unpaired) electrons. The minimum atomic E-state index is 0.283. The summed E-state index contributed by atoms with van der Waals surface area (Å²) in [6.45, 7) is 3.46. The van der Waals surface area contributed by atoms with Gasteiger partial charge in [0.25, 0.3) is 0 Å². The minimum Gasteiger partial charge on any atom is -0.489 e. The van der Waals surface area contributed by atoms with E-state index in [0.717, 1.165) is 28.4 Å². The van der Waals surface area contributed by atoms with Crippen LogP contribution in [0.25, 0.3) is 0 Å². The molecule has 25 heavy (non-hydrogen) atoms. The van der Waals surface area contributed by atoms with E-state index in [0.29, 0.717) is 6.61 Å². The first-order valence-corrected chi connectivity index (χ1v) is 8.83. The number of para-hydroxylation sites is 1. The molecule has 1 atom stereocenters. The molecule has 0 amide bonds. The number of nitrogens with one attached hydrogen (secondary N) is 1. The highest BCUT2D eigenvalue weighted by atomic mass is 35.5. The van der Waals surface area contributed by atoms with Crippen molar-refractivity contribution in [2.24, 2.45) is 0 Å². The van der Waals surface area contributed by atoms with Crippen LogP contribution in [0, 0.1) is 0 Å². The summed E-state index contributed by atoms with van der Waals surface area (Å²) in [5.41, 5.74) is 3.53. The Balaban J connectivity index is 1.61. The Morgan fingerprint density at radius 1 is 0.880 bits per heavy atom. The number of ether oxygens (including phenoxy) is 1. The maximum atomic E-state index is 6.02. The molecule has 3 aromatic rings. The Labute approximate surface area is 154 Å². The Bertz CT molecular complexity index is 787. The molecule has 128 valence electrons. The second-order valence-corrected chi connectivity index (χ2v) is 6.47. The van der Waals surface area contributed by atoms with Gasteiger partial charge in [0, 0.05) is 23.2 Å². The monoisotopic (exact) mass is 351 g/mol. The van der Waals surface area contributed by atoms with Gasteiger partial charge in [0.05, 0.1) is 0 Å². The van der Waals surface area contributed by atoms with Crippen molar-refractivity contribution < 1.29 is 4.74 Å². The number of benzene rings is 3. The maximum Gasteiger partial charge on any atom is 0.124 e. The third kappa shape index (κ3) is 5.09. The highest BCUT2D eigenvalue weighted by Gasteiger charge is 2.07. The van der Waals surface area contributed by atoms with E-state index in [1.165, 1.54) is 5.56 Å². The molecule has 2 nitrogen and oxygen atoms in total. The quantitative estimate of drug-likeness (QED) is 0.583. The Morgan fingerprint density at radius 3 is 2.32 bits per heavy atom. The molecule has 0 aromatic heterocycles. The molecule has 1 unspecified atom stereocenters. The van der Waals surface area contributed by atoms with Crippen LogP contribution < -0.4 is 10.1 Å². The van der Waals surface area contributed by atoms with Gasteiger partial charge in [-0.2, -0.15) is 0 Å². The lowest BCUT2D eigenvalue weighted by Crippen LogP contribution is -2.18. The van der Waals surface area contributed by atoms with Crippen molar-refractivity contribution in [2.75, 3.05) is 0 Å². The topological polar surface area (TPSA) is 21.3 Å². The zero-order chi connectivity index (χ0) is 17.5. The third-order valence-electron chi connectivity index (χ3n) is 4.18.